The molecule has 1 aromatic heterocycles. The Morgan fingerprint density at radius 1 is 1.09 bits per heavy atom. The molecule has 9 heteroatoms. The molecular formula is C24H23N3O5S. The van der Waals surface area contributed by atoms with Crippen molar-refractivity contribution in [2.24, 2.45) is 5.92 Å². The Bertz CT molecular complexity index is 1150. The maximum absolute atomic E-state index is 12.4. The summed E-state index contributed by atoms with van der Waals surface area (Å²) < 4.78 is 5.49. The average molecular weight is 466 g/mol. The zero-order chi connectivity index (χ0) is 23.4. The van der Waals surface area contributed by atoms with Gasteiger partial charge in [0.25, 0.3) is 5.91 Å². The first-order chi connectivity index (χ1) is 15.9. The molecule has 1 unspecified atom stereocenters. The van der Waals surface area contributed by atoms with Crippen molar-refractivity contribution in [1.82, 2.24) is 10.3 Å². The van der Waals surface area contributed by atoms with Crippen molar-refractivity contribution in [3.63, 3.8) is 0 Å². The Balaban J connectivity index is 1.32. The second kappa shape index (κ2) is 9.83. The van der Waals surface area contributed by atoms with Crippen LogP contribution in [0.5, 0.6) is 0 Å². The lowest BCUT2D eigenvalue weighted by atomic mass is 9.98. The molecule has 33 heavy (non-hydrogen) atoms. The number of carbonyl (C=O) groups excluding carboxylic acids is 2. The molecule has 1 aliphatic rings. The third-order valence-corrected chi connectivity index (χ3v) is 6.33. The maximum atomic E-state index is 12.4. The molecule has 1 atom stereocenters. The fraction of sp³-hybridized carbons (Fsp3) is 0.250. The van der Waals surface area contributed by atoms with E-state index in [4.69, 9.17) is 9.84 Å². The number of carboxylic acids is 1. The van der Waals surface area contributed by atoms with Crippen molar-refractivity contribution < 1.29 is 24.2 Å². The quantitative estimate of drug-likeness (QED) is 0.455. The van der Waals surface area contributed by atoms with Crippen LogP contribution < -0.4 is 10.6 Å². The first-order valence-corrected chi connectivity index (χ1v) is 11.3. The average Bonchev–Trinajstić information content (AvgIpc) is 3.38. The fourth-order valence-corrected chi connectivity index (χ4v) is 4.60. The summed E-state index contributed by atoms with van der Waals surface area (Å²) in [4.78, 5) is 39.7. The van der Waals surface area contributed by atoms with Crippen LogP contribution in [0.4, 0.5) is 9.93 Å². The van der Waals surface area contributed by atoms with Crippen LogP contribution in [-0.4, -0.2) is 41.2 Å². The molecule has 8 nitrogen and oxygen atoms in total. The number of carbonyl (C=O) groups is 3. The van der Waals surface area contributed by atoms with Gasteiger partial charge in [-0.3, -0.25) is 14.9 Å². The second-order valence-electron chi connectivity index (χ2n) is 7.89. The SMILES string of the molecule is CC(CNC(=O)c1cnc(NC(=O)OCC2c3ccccc3-c3ccccc32)s1)CC(=O)O. The molecule has 1 heterocycles. The van der Waals surface area contributed by atoms with Gasteiger partial charge in [0.05, 0.1) is 6.20 Å². The third kappa shape index (κ3) is 5.20. The van der Waals surface area contributed by atoms with E-state index in [9.17, 15) is 14.4 Å². The minimum atomic E-state index is -0.913. The number of thiazole rings is 1. The molecule has 3 N–H and O–H groups in total. The van der Waals surface area contributed by atoms with Crippen molar-refractivity contribution in [1.29, 1.82) is 0 Å². The van der Waals surface area contributed by atoms with Crippen LogP contribution in [0.1, 0.15) is 40.1 Å². The van der Waals surface area contributed by atoms with Crippen LogP contribution in [-0.2, 0) is 9.53 Å². The van der Waals surface area contributed by atoms with E-state index in [1.54, 1.807) is 6.92 Å². The summed E-state index contributed by atoms with van der Waals surface area (Å²) in [7, 11) is 0. The van der Waals surface area contributed by atoms with Gasteiger partial charge in [-0.25, -0.2) is 9.78 Å². The molecule has 0 aliphatic heterocycles. The zero-order valence-electron chi connectivity index (χ0n) is 17.9. The van der Waals surface area contributed by atoms with Crippen LogP contribution in [0.3, 0.4) is 0 Å². The van der Waals surface area contributed by atoms with Gasteiger partial charge in [0.1, 0.15) is 11.5 Å². The number of amides is 2. The van der Waals surface area contributed by atoms with Gasteiger partial charge in [-0.15, -0.1) is 0 Å². The van der Waals surface area contributed by atoms with Gasteiger partial charge < -0.3 is 15.2 Å². The van der Waals surface area contributed by atoms with Crippen LogP contribution >= 0.6 is 11.3 Å². The molecule has 0 saturated carbocycles. The lowest BCUT2D eigenvalue weighted by Crippen LogP contribution is -2.28. The molecule has 0 radical (unpaired) electrons. The Hall–Kier alpha value is -3.72. The maximum Gasteiger partial charge on any atom is 0.413 e. The number of ether oxygens (including phenoxy) is 1. The van der Waals surface area contributed by atoms with E-state index in [-0.39, 0.29) is 42.4 Å². The Labute approximate surface area is 194 Å². The number of aromatic nitrogens is 1. The van der Waals surface area contributed by atoms with E-state index in [1.165, 1.54) is 6.20 Å². The lowest BCUT2D eigenvalue weighted by molar-refractivity contribution is -0.137. The van der Waals surface area contributed by atoms with Gasteiger partial charge >= 0.3 is 12.1 Å². The number of anilines is 1. The first-order valence-electron chi connectivity index (χ1n) is 10.5. The van der Waals surface area contributed by atoms with E-state index in [0.29, 0.717) is 4.88 Å². The molecule has 3 aromatic rings. The smallest absolute Gasteiger partial charge is 0.413 e. The number of benzene rings is 2. The van der Waals surface area contributed by atoms with E-state index in [0.717, 1.165) is 33.6 Å². The van der Waals surface area contributed by atoms with Gasteiger partial charge in [0.15, 0.2) is 5.13 Å². The van der Waals surface area contributed by atoms with E-state index in [2.05, 4.69) is 27.8 Å². The van der Waals surface area contributed by atoms with Gasteiger partial charge in [0.2, 0.25) is 0 Å². The second-order valence-corrected chi connectivity index (χ2v) is 8.92. The Morgan fingerprint density at radius 3 is 2.36 bits per heavy atom. The number of aliphatic carboxylic acids is 1. The normalized spacial score (nSPS) is 13.0. The summed E-state index contributed by atoms with van der Waals surface area (Å²) in [5, 5.41) is 14.3. The van der Waals surface area contributed by atoms with Gasteiger partial charge in [-0.05, 0) is 28.2 Å². The highest BCUT2D eigenvalue weighted by Crippen LogP contribution is 2.44. The molecule has 170 valence electrons. The standard InChI is InChI=1S/C24H23N3O5S/c1-14(10-21(28)29)11-25-22(30)20-12-26-23(33-20)27-24(31)32-13-19-17-8-4-2-6-15(17)16-7-3-5-9-18(16)19/h2-9,12,14,19H,10-11,13H2,1H3,(H,25,30)(H,28,29)(H,26,27,31). The number of hydrogen-bond donors (Lipinski definition) is 3. The summed E-state index contributed by atoms with van der Waals surface area (Å²) >= 11 is 1.02. The molecule has 4 rings (SSSR count). The molecule has 0 spiro atoms. The zero-order valence-corrected chi connectivity index (χ0v) is 18.7. The summed E-state index contributed by atoms with van der Waals surface area (Å²) in [6.07, 6.45) is 0.687. The van der Waals surface area contributed by atoms with Crippen LogP contribution in [0.25, 0.3) is 11.1 Å². The van der Waals surface area contributed by atoms with E-state index in [1.807, 2.05) is 36.4 Å². The Kier molecular flexibility index (Phi) is 6.69. The fourth-order valence-electron chi connectivity index (χ4n) is 3.88. The number of nitrogens with zero attached hydrogens (tertiary/aromatic N) is 1. The van der Waals surface area contributed by atoms with Crippen molar-refractivity contribution in [3.05, 3.63) is 70.7 Å². The van der Waals surface area contributed by atoms with Crippen LogP contribution in [0, 0.1) is 5.92 Å². The largest absolute Gasteiger partial charge is 0.481 e. The molecular weight excluding hydrogens is 442 g/mol. The molecule has 2 amide bonds. The van der Waals surface area contributed by atoms with E-state index < -0.39 is 12.1 Å². The number of nitrogens with one attached hydrogen (secondary N) is 2. The van der Waals surface area contributed by atoms with E-state index >= 15 is 0 Å². The van der Waals surface area contributed by atoms with Crippen molar-refractivity contribution in [2.45, 2.75) is 19.3 Å². The molecule has 1 aliphatic carbocycles. The van der Waals surface area contributed by atoms with Crippen molar-refractivity contribution in [2.75, 3.05) is 18.5 Å². The number of rotatable bonds is 8. The summed E-state index contributed by atoms with van der Waals surface area (Å²) in [5.41, 5.74) is 4.54. The summed E-state index contributed by atoms with van der Waals surface area (Å²) in [6, 6.07) is 16.2. The summed E-state index contributed by atoms with van der Waals surface area (Å²) in [5.74, 6) is -1.53. The lowest BCUT2D eigenvalue weighted by Gasteiger charge is -2.14. The third-order valence-electron chi connectivity index (χ3n) is 5.42. The van der Waals surface area contributed by atoms with Crippen molar-refractivity contribution >= 4 is 34.4 Å². The molecule has 2 aromatic carbocycles. The van der Waals surface area contributed by atoms with Gasteiger partial charge in [0, 0.05) is 18.9 Å². The minimum Gasteiger partial charge on any atom is -0.481 e. The molecule has 0 bridgehead atoms. The minimum absolute atomic E-state index is 0.0302. The predicted octanol–water partition coefficient (Wildman–Crippen LogP) is 4.34. The van der Waals surface area contributed by atoms with Crippen molar-refractivity contribution in [3.8, 4) is 11.1 Å². The van der Waals surface area contributed by atoms with Gasteiger partial charge in [-0.2, -0.15) is 0 Å². The monoisotopic (exact) mass is 465 g/mol. The number of hydrogen-bond acceptors (Lipinski definition) is 6. The molecule has 0 fully saturated rings. The summed E-state index contributed by atoms with van der Waals surface area (Å²) in [6.45, 7) is 2.16. The van der Waals surface area contributed by atoms with Crippen LogP contribution in [0.15, 0.2) is 54.7 Å². The number of carboxylic acid groups (broad SMARTS) is 1. The molecule has 0 saturated heterocycles. The topological polar surface area (TPSA) is 118 Å². The number of fused-ring (bicyclic) bond motifs is 3. The highest BCUT2D eigenvalue weighted by Gasteiger charge is 2.29. The Morgan fingerprint density at radius 2 is 1.73 bits per heavy atom. The van der Waals surface area contributed by atoms with Gasteiger partial charge in [-0.1, -0.05) is 66.8 Å². The highest BCUT2D eigenvalue weighted by atomic mass is 32.1. The first kappa shape index (κ1) is 22.5. The van der Waals surface area contributed by atoms with Crippen LogP contribution in [0.2, 0.25) is 0 Å². The predicted molar refractivity (Wildman–Crippen MR) is 125 cm³/mol. The highest BCUT2D eigenvalue weighted by molar-refractivity contribution is 7.17.